The van der Waals surface area contributed by atoms with Gasteiger partial charge in [-0.25, -0.2) is 4.79 Å². The van der Waals surface area contributed by atoms with Gasteiger partial charge in [-0.3, -0.25) is 4.79 Å². The highest BCUT2D eigenvalue weighted by molar-refractivity contribution is 5.73. The van der Waals surface area contributed by atoms with Gasteiger partial charge in [0.05, 0.1) is 18.6 Å². The van der Waals surface area contributed by atoms with Gasteiger partial charge in [-0.05, 0) is 33.1 Å². The zero-order valence-corrected chi connectivity index (χ0v) is 13.6. The van der Waals surface area contributed by atoms with Gasteiger partial charge in [0, 0.05) is 13.2 Å². The number of aliphatic carboxylic acids is 1. The summed E-state index contributed by atoms with van der Waals surface area (Å²) in [4.78, 5) is 24.8. The number of amides is 1. The molecule has 6 heteroatoms. The van der Waals surface area contributed by atoms with Crippen LogP contribution < -0.4 is 0 Å². The van der Waals surface area contributed by atoms with Gasteiger partial charge in [0.25, 0.3) is 0 Å². The Hall–Kier alpha value is -1.30. The molecule has 1 N–H and O–H groups in total. The number of piperidine rings is 1. The van der Waals surface area contributed by atoms with E-state index in [1.165, 1.54) is 4.90 Å². The van der Waals surface area contributed by atoms with Crippen LogP contribution in [-0.2, 0) is 14.3 Å². The van der Waals surface area contributed by atoms with E-state index in [-0.39, 0.29) is 12.6 Å². The molecular formula is C15H27NO5. The Kier molecular flexibility index (Phi) is 6.01. The van der Waals surface area contributed by atoms with Gasteiger partial charge in [0.2, 0.25) is 0 Å². The van der Waals surface area contributed by atoms with Gasteiger partial charge >= 0.3 is 12.1 Å². The number of carboxylic acid groups (broad SMARTS) is 1. The van der Waals surface area contributed by atoms with Crippen molar-refractivity contribution in [1.29, 1.82) is 0 Å². The molecule has 0 bridgehead atoms. The summed E-state index contributed by atoms with van der Waals surface area (Å²) >= 11 is 0. The van der Waals surface area contributed by atoms with E-state index >= 15 is 0 Å². The molecule has 0 aliphatic carbocycles. The first kappa shape index (κ1) is 17.8. The van der Waals surface area contributed by atoms with E-state index in [1.54, 1.807) is 20.8 Å². The SMILES string of the molecule is CC(C)COC1CC(C(=O)O)CN(C(=O)OC(C)(C)C)C1. The molecule has 6 nitrogen and oxygen atoms in total. The smallest absolute Gasteiger partial charge is 0.410 e. The summed E-state index contributed by atoms with van der Waals surface area (Å²) in [6, 6.07) is 0. The van der Waals surface area contributed by atoms with Crippen molar-refractivity contribution in [1.82, 2.24) is 4.90 Å². The summed E-state index contributed by atoms with van der Waals surface area (Å²) in [6.07, 6.45) is -0.303. The number of carbonyl (C=O) groups excluding carboxylic acids is 1. The molecule has 1 saturated heterocycles. The molecule has 1 aliphatic rings. The molecular weight excluding hydrogens is 274 g/mol. The van der Waals surface area contributed by atoms with E-state index in [4.69, 9.17) is 9.47 Å². The van der Waals surface area contributed by atoms with Crippen LogP contribution in [0.1, 0.15) is 41.0 Å². The normalized spacial score (nSPS) is 23.2. The highest BCUT2D eigenvalue weighted by Gasteiger charge is 2.36. The van der Waals surface area contributed by atoms with E-state index in [0.717, 1.165) is 0 Å². The second-order valence-electron chi connectivity index (χ2n) is 7.01. The zero-order chi connectivity index (χ0) is 16.2. The van der Waals surface area contributed by atoms with Crippen molar-refractivity contribution in [3.8, 4) is 0 Å². The lowest BCUT2D eigenvalue weighted by Crippen LogP contribution is -2.50. The molecule has 0 aromatic heterocycles. The van der Waals surface area contributed by atoms with Crippen molar-refractivity contribution >= 4 is 12.1 Å². The minimum atomic E-state index is -0.901. The summed E-state index contributed by atoms with van der Waals surface area (Å²) in [5, 5.41) is 9.23. The van der Waals surface area contributed by atoms with Crippen LogP contribution in [0.4, 0.5) is 4.79 Å². The predicted molar refractivity (Wildman–Crippen MR) is 78.1 cm³/mol. The summed E-state index contributed by atoms with van der Waals surface area (Å²) < 4.78 is 11.0. The maximum Gasteiger partial charge on any atom is 0.410 e. The quantitative estimate of drug-likeness (QED) is 0.862. The minimum absolute atomic E-state index is 0.172. The fourth-order valence-corrected chi connectivity index (χ4v) is 2.16. The van der Waals surface area contributed by atoms with Gasteiger partial charge < -0.3 is 19.5 Å². The Morgan fingerprint density at radius 2 is 1.90 bits per heavy atom. The summed E-state index contributed by atoms with van der Waals surface area (Å²) in [7, 11) is 0. The molecule has 122 valence electrons. The van der Waals surface area contributed by atoms with Crippen LogP contribution in [0.15, 0.2) is 0 Å². The van der Waals surface area contributed by atoms with Gasteiger partial charge in [-0.1, -0.05) is 13.8 Å². The topological polar surface area (TPSA) is 76.1 Å². The first-order valence-electron chi connectivity index (χ1n) is 7.41. The Morgan fingerprint density at radius 1 is 1.29 bits per heavy atom. The molecule has 1 fully saturated rings. The van der Waals surface area contributed by atoms with Crippen molar-refractivity contribution in [2.75, 3.05) is 19.7 Å². The Bertz CT molecular complexity index is 375. The molecule has 1 aliphatic heterocycles. The zero-order valence-electron chi connectivity index (χ0n) is 13.6. The highest BCUT2D eigenvalue weighted by Crippen LogP contribution is 2.22. The summed E-state index contributed by atoms with van der Waals surface area (Å²) in [6.45, 7) is 10.5. The number of hydrogen-bond acceptors (Lipinski definition) is 4. The van der Waals surface area contributed by atoms with E-state index in [1.807, 2.05) is 13.8 Å². The fourth-order valence-electron chi connectivity index (χ4n) is 2.16. The Labute approximate surface area is 126 Å². The average molecular weight is 301 g/mol. The van der Waals surface area contributed by atoms with E-state index in [2.05, 4.69) is 0 Å². The van der Waals surface area contributed by atoms with Crippen LogP contribution >= 0.6 is 0 Å². The molecule has 1 rings (SSSR count). The van der Waals surface area contributed by atoms with Crippen LogP contribution in [0, 0.1) is 11.8 Å². The molecule has 0 radical (unpaired) electrons. The van der Waals surface area contributed by atoms with Crippen LogP contribution in [0.25, 0.3) is 0 Å². The number of likely N-dealkylation sites (tertiary alicyclic amines) is 1. The monoisotopic (exact) mass is 301 g/mol. The number of carboxylic acids is 1. The van der Waals surface area contributed by atoms with Crippen molar-refractivity contribution in [2.45, 2.75) is 52.7 Å². The number of ether oxygens (including phenoxy) is 2. The maximum atomic E-state index is 12.1. The minimum Gasteiger partial charge on any atom is -0.481 e. The number of carbonyl (C=O) groups is 2. The summed E-state index contributed by atoms with van der Waals surface area (Å²) in [5.41, 5.74) is -0.596. The van der Waals surface area contributed by atoms with Gasteiger partial charge in [-0.2, -0.15) is 0 Å². The van der Waals surface area contributed by atoms with Crippen molar-refractivity contribution in [3.05, 3.63) is 0 Å². The first-order valence-corrected chi connectivity index (χ1v) is 7.41. The van der Waals surface area contributed by atoms with Gasteiger partial charge in [-0.15, -0.1) is 0 Å². The second kappa shape index (κ2) is 7.11. The van der Waals surface area contributed by atoms with Crippen LogP contribution in [0.5, 0.6) is 0 Å². The van der Waals surface area contributed by atoms with E-state index in [9.17, 15) is 14.7 Å². The third kappa shape index (κ3) is 6.33. The first-order chi connectivity index (χ1) is 9.58. The lowest BCUT2D eigenvalue weighted by atomic mass is 9.96. The van der Waals surface area contributed by atoms with Crippen LogP contribution in [0.3, 0.4) is 0 Å². The standard InChI is InChI=1S/C15H27NO5/c1-10(2)9-20-12-6-11(13(17)18)7-16(8-12)14(19)21-15(3,4)5/h10-12H,6-9H2,1-5H3,(H,17,18). The van der Waals surface area contributed by atoms with Gasteiger partial charge in [0.15, 0.2) is 0 Å². The molecule has 0 spiro atoms. The average Bonchev–Trinajstić information content (AvgIpc) is 2.33. The third-order valence-corrected chi connectivity index (χ3v) is 3.08. The lowest BCUT2D eigenvalue weighted by molar-refractivity contribution is -0.146. The Balaban J connectivity index is 2.69. The number of rotatable bonds is 4. The van der Waals surface area contributed by atoms with Gasteiger partial charge in [0.1, 0.15) is 5.60 Å². The molecule has 21 heavy (non-hydrogen) atoms. The maximum absolute atomic E-state index is 12.1. The molecule has 1 amide bonds. The largest absolute Gasteiger partial charge is 0.481 e. The highest BCUT2D eigenvalue weighted by atomic mass is 16.6. The van der Waals surface area contributed by atoms with E-state index in [0.29, 0.717) is 25.5 Å². The molecule has 2 atom stereocenters. The fraction of sp³-hybridized carbons (Fsp3) is 0.867. The van der Waals surface area contributed by atoms with Crippen LogP contribution in [-0.4, -0.2) is 53.5 Å². The summed E-state index contributed by atoms with van der Waals surface area (Å²) in [5.74, 6) is -1.14. The Morgan fingerprint density at radius 3 is 2.38 bits per heavy atom. The number of nitrogens with zero attached hydrogens (tertiary/aromatic N) is 1. The van der Waals surface area contributed by atoms with Crippen LogP contribution in [0.2, 0.25) is 0 Å². The lowest BCUT2D eigenvalue weighted by Gasteiger charge is -2.37. The molecule has 2 unspecified atom stereocenters. The third-order valence-electron chi connectivity index (χ3n) is 3.08. The molecule has 0 aromatic rings. The van der Waals surface area contributed by atoms with Crippen molar-refractivity contribution < 1.29 is 24.2 Å². The molecule has 1 heterocycles. The molecule has 0 saturated carbocycles. The molecule has 0 aromatic carbocycles. The second-order valence-corrected chi connectivity index (χ2v) is 7.01. The predicted octanol–water partition coefficient (Wildman–Crippen LogP) is 2.37. The van der Waals surface area contributed by atoms with Crippen molar-refractivity contribution in [3.63, 3.8) is 0 Å². The van der Waals surface area contributed by atoms with E-state index < -0.39 is 23.6 Å². The van der Waals surface area contributed by atoms with Crippen molar-refractivity contribution in [2.24, 2.45) is 11.8 Å². The number of hydrogen-bond donors (Lipinski definition) is 1.